The first-order valence-electron chi connectivity index (χ1n) is 8.70. The molecule has 1 aromatic heterocycles. The van der Waals surface area contributed by atoms with Crippen molar-refractivity contribution in [2.24, 2.45) is 0 Å². The van der Waals surface area contributed by atoms with Gasteiger partial charge < -0.3 is 4.90 Å². The van der Waals surface area contributed by atoms with Gasteiger partial charge in [0.25, 0.3) is 0 Å². The Morgan fingerprint density at radius 1 is 1.20 bits per heavy atom. The first-order chi connectivity index (χ1) is 11.8. The van der Waals surface area contributed by atoms with Crippen molar-refractivity contribution >= 4 is 29.1 Å². The van der Waals surface area contributed by atoms with Crippen LogP contribution in [0.4, 0.5) is 5.69 Å². The topological polar surface area (TPSA) is 19.4 Å². The summed E-state index contributed by atoms with van der Waals surface area (Å²) < 4.78 is 0. The van der Waals surface area contributed by atoms with Gasteiger partial charge in [-0.15, -0.1) is 11.8 Å². The molecule has 1 aliphatic heterocycles. The van der Waals surface area contributed by atoms with Crippen LogP contribution in [0, 0.1) is 0 Å². The molecule has 3 rings (SSSR count). The molecule has 0 spiro atoms. The summed E-state index contributed by atoms with van der Waals surface area (Å²) in [7, 11) is 0. The minimum absolute atomic E-state index is 0.112. The van der Waals surface area contributed by atoms with Crippen LogP contribution in [0.3, 0.4) is 0 Å². The van der Waals surface area contributed by atoms with E-state index in [0.717, 1.165) is 29.7 Å². The second-order valence-electron chi connectivity index (χ2n) is 7.49. The molecule has 0 N–H and O–H groups in total. The quantitative estimate of drug-likeness (QED) is 0.660. The van der Waals surface area contributed by atoms with Gasteiger partial charge in [-0.25, -0.2) is 0 Å². The molecule has 0 atom stereocenters. The lowest BCUT2D eigenvalue weighted by atomic mass is 10.0. The van der Waals surface area contributed by atoms with Gasteiger partial charge in [0.2, 0.25) is 0 Å². The maximum absolute atomic E-state index is 6.52. The lowest BCUT2D eigenvalue weighted by Crippen LogP contribution is -2.39. The molecule has 1 aliphatic rings. The average molecular weight is 376 g/mol. The van der Waals surface area contributed by atoms with Gasteiger partial charge in [0.15, 0.2) is 0 Å². The first-order valence-corrected chi connectivity index (χ1v) is 9.96. The number of thioether (sulfide) groups is 1. The molecule has 0 radical (unpaired) electrons. The van der Waals surface area contributed by atoms with E-state index in [4.69, 9.17) is 11.6 Å². The molecule has 1 aromatic carbocycles. The molecule has 1 fully saturated rings. The Bertz CT molecular complexity index is 718. The zero-order valence-electron chi connectivity index (χ0n) is 15.4. The lowest BCUT2D eigenvalue weighted by Gasteiger charge is -2.29. The van der Waals surface area contributed by atoms with Gasteiger partial charge >= 0.3 is 0 Å². The Morgan fingerprint density at radius 2 is 1.92 bits per heavy atom. The molecule has 0 amide bonds. The minimum Gasteiger partial charge on any atom is -0.357 e. The maximum Gasteiger partial charge on any atom is 0.0715 e. The molecule has 0 bridgehead atoms. The van der Waals surface area contributed by atoms with Crippen molar-refractivity contribution in [3.63, 3.8) is 0 Å². The molecule has 0 saturated carbocycles. The standard InChI is InChI=1S/C20H26ClN3S/c1-15(2)25-19-6-5-17(11-18(19)21)23-13-20(3,4)24(14-23)12-16-7-9-22-10-8-16/h5-11,15H,12-14H2,1-4H3. The van der Waals surface area contributed by atoms with Gasteiger partial charge in [0, 0.05) is 46.9 Å². The van der Waals surface area contributed by atoms with Crippen LogP contribution in [0.2, 0.25) is 5.02 Å². The lowest BCUT2D eigenvalue weighted by molar-refractivity contribution is 0.175. The predicted octanol–water partition coefficient (Wildman–Crippen LogP) is 5.29. The van der Waals surface area contributed by atoms with E-state index in [-0.39, 0.29) is 5.54 Å². The van der Waals surface area contributed by atoms with Crippen LogP contribution in [0.15, 0.2) is 47.6 Å². The van der Waals surface area contributed by atoms with Gasteiger partial charge in [0.1, 0.15) is 0 Å². The molecule has 3 nitrogen and oxygen atoms in total. The van der Waals surface area contributed by atoms with Gasteiger partial charge in [-0.1, -0.05) is 25.4 Å². The molecular weight excluding hydrogens is 350 g/mol. The van der Waals surface area contributed by atoms with E-state index in [1.807, 2.05) is 24.2 Å². The molecule has 25 heavy (non-hydrogen) atoms. The Balaban J connectivity index is 1.75. The zero-order chi connectivity index (χ0) is 18.0. The number of aromatic nitrogens is 1. The van der Waals surface area contributed by atoms with E-state index >= 15 is 0 Å². The van der Waals surface area contributed by atoms with Crippen LogP contribution in [-0.4, -0.2) is 33.9 Å². The van der Waals surface area contributed by atoms with Crippen LogP contribution in [0.5, 0.6) is 0 Å². The number of benzene rings is 1. The van der Waals surface area contributed by atoms with Crippen molar-refractivity contribution in [3.05, 3.63) is 53.3 Å². The number of nitrogens with zero attached hydrogens (tertiary/aromatic N) is 3. The van der Waals surface area contributed by atoms with Crippen LogP contribution < -0.4 is 4.90 Å². The second kappa shape index (κ2) is 7.56. The number of anilines is 1. The number of pyridine rings is 1. The summed E-state index contributed by atoms with van der Waals surface area (Å²) in [5.74, 6) is 0. The highest BCUT2D eigenvalue weighted by atomic mass is 35.5. The van der Waals surface area contributed by atoms with E-state index in [1.165, 1.54) is 11.3 Å². The van der Waals surface area contributed by atoms with E-state index in [0.29, 0.717) is 5.25 Å². The van der Waals surface area contributed by atoms with E-state index in [9.17, 15) is 0 Å². The number of hydrogen-bond acceptors (Lipinski definition) is 4. The third-order valence-corrected chi connectivity index (χ3v) is 6.05. The van der Waals surface area contributed by atoms with Crippen molar-refractivity contribution < 1.29 is 0 Å². The smallest absolute Gasteiger partial charge is 0.0715 e. The normalized spacial score (nSPS) is 17.4. The third kappa shape index (κ3) is 4.49. The fraction of sp³-hybridized carbons (Fsp3) is 0.450. The summed E-state index contributed by atoms with van der Waals surface area (Å²) in [5.41, 5.74) is 2.61. The third-order valence-electron chi connectivity index (χ3n) is 4.54. The largest absolute Gasteiger partial charge is 0.357 e. The Morgan fingerprint density at radius 3 is 2.56 bits per heavy atom. The van der Waals surface area contributed by atoms with Crippen LogP contribution >= 0.6 is 23.4 Å². The van der Waals surface area contributed by atoms with Crippen molar-refractivity contribution in [1.82, 2.24) is 9.88 Å². The number of rotatable bonds is 5. The van der Waals surface area contributed by atoms with Crippen LogP contribution in [0.1, 0.15) is 33.3 Å². The molecular formula is C20H26ClN3S. The average Bonchev–Trinajstić information content (AvgIpc) is 2.85. The fourth-order valence-electron chi connectivity index (χ4n) is 3.20. The monoisotopic (exact) mass is 375 g/mol. The molecule has 2 aromatic rings. The molecule has 5 heteroatoms. The Kier molecular flexibility index (Phi) is 5.62. The summed E-state index contributed by atoms with van der Waals surface area (Å²) in [4.78, 5) is 10.2. The van der Waals surface area contributed by atoms with Gasteiger partial charge in [-0.05, 0) is 49.7 Å². The molecule has 0 aliphatic carbocycles. The van der Waals surface area contributed by atoms with Crippen molar-refractivity contribution in [3.8, 4) is 0 Å². The van der Waals surface area contributed by atoms with Crippen LogP contribution in [-0.2, 0) is 6.54 Å². The summed E-state index contributed by atoms with van der Waals surface area (Å²) in [5, 5.41) is 1.38. The van der Waals surface area contributed by atoms with Crippen molar-refractivity contribution in [2.75, 3.05) is 18.1 Å². The summed E-state index contributed by atoms with van der Waals surface area (Å²) in [6.07, 6.45) is 3.72. The van der Waals surface area contributed by atoms with E-state index < -0.39 is 0 Å². The summed E-state index contributed by atoms with van der Waals surface area (Å²) in [6.45, 7) is 11.8. The highest BCUT2D eigenvalue weighted by Gasteiger charge is 2.37. The Labute approximate surface area is 160 Å². The van der Waals surface area contributed by atoms with Crippen LogP contribution in [0.25, 0.3) is 0 Å². The van der Waals surface area contributed by atoms with E-state index in [1.54, 1.807) is 0 Å². The molecule has 134 valence electrons. The first kappa shape index (κ1) is 18.6. The highest BCUT2D eigenvalue weighted by Crippen LogP contribution is 2.36. The maximum atomic E-state index is 6.52. The SMILES string of the molecule is CC(C)Sc1ccc(N2CN(Cc3ccncc3)C(C)(C)C2)cc1Cl. The van der Waals surface area contributed by atoms with Gasteiger partial charge in [-0.2, -0.15) is 0 Å². The second-order valence-corrected chi connectivity index (χ2v) is 9.51. The molecule has 2 heterocycles. The minimum atomic E-state index is 0.112. The Hall–Kier alpha value is -1.23. The fourth-order valence-corrected chi connectivity index (χ4v) is 4.33. The van der Waals surface area contributed by atoms with Crippen molar-refractivity contribution in [1.29, 1.82) is 0 Å². The number of halogens is 1. The zero-order valence-corrected chi connectivity index (χ0v) is 16.9. The van der Waals surface area contributed by atoms with Crippen molar-refractivity contribution in [2.45, 2.75) is 49.9 Å². The molecule has 1 saturated heterocycles. The van der Waals surface area contributed by atoms with Gasteiger partial charge in [-0.3, -0.25) is 9.88 Å². The van der Waals surface area contributed by atoms with Gasteiger partial charge in [0.05, 0.1) is 11.7 Å². The predicted molar refractivity (Wildman–Crippen MR) is 109 cm³/mol. The summed E-state index contributed by atoms with van der Waals surface area (Å²) in [6, 6.07) is 10.6. The van der Waals surface area contributed by atoms with E-state index in [2.05, 4.69) is 72.8 Å². The molecule has 0 unspecified atom stereocenters. The highest BCUT2D eigenvalue weighted by molar-refractivity contribution is 8.00. The summed E-state index contributed by atoms with van der Waals surface area (Å²) >= 11 is 8.33. The number of hydrogen-bond donors (Lipinski definition) is 0.